The Morgan fingerprint density at radius 1 is 0.803 bits per heavy atom. The number of unbranched alkanes of at least 4 members (excludes halogenated alkanes) is 2. The number of carbonyl (C=O) groups is 9. The molecule has 29 heteroatoms. The minimum Gasteiger partial charge on any atom is -0.477 e. The van der Waals surface area contributed by atoms with Crippen LogP contribution in [0.25, 0.3) is 0 Å². The summed E-state index contributed by atoms with van der Waals surface area (Å²) in [5.41, 5.74) is 38.1. The number of nitrogens with one attached hydrogen (secondary N) is 6. The summed E-state index contributed by atoms with van der Waals surface area (Å²) in [6.07, 6.45) is 3.73. The SMILES string of the molecule is C[C@H](NC(=O)[C@@H](NC(=O)[C@@H](N)CCCCN)[C@@H](O)CN)C(=O)NCC(=O)N=C(CCCN)C(=O)N1CCC[C@H]1C(=O)N[C@@H](CCS(C)=O)C(=O)N[C@@H](CCCCN)C(=O)N/C(=C\CCN=C(N)N)C(=O)O. The Bertz CT molecular complexity index is 1930. The molecule has 0 aromatic heterocycles. The Balaban J connectivity index is 3.22. The smallest absolute Gasteiger partial charge is 0.352 e. The molecule has 0 bridgehead atoms. The van der Waals surface area contributed by atoms with E-state index in [4.69, 9.17) is 40.1 Å². The summed E-state index contributed by atoms with van der Waals surface area (Å²) in [5.74, 6) is -8.61. The van der Waals surface area contributed by atoms with Crippen LogP contribution in [0.5, 0.6) is 0 Å². The molecule has 8 atom stereocenters. The summed E-state index contributed by atoms with van der Waals surface area (Å²) >= 11 is 0. The van der Waals surface area contributed by atoms with Crippen LogP contribution in [-0.2, 0) is 54.0 Å². The van der Waals surface area contributed by atoms with Crippen molar-refractivity contribution in [2.24, 2.45) is 50.1 Å². The van der Waals surface area contributed by atoms with Gasteiger partial charge in [-0.25, -0.2) is 9.79 Å². The maximum absolute atomic E-state index is 14.0. The van der Waals surface area contributed by atoms with E-state index in [2.05, 4.69) is 41.9 Å². The fourth-order valence-electron chi connectivity index (χ4n) is 6.84. The minimum atomic E-state index is -1.58. The number of carboxylic acid groups (broad SMARTS) is 1. The molecule has 402 valence electrons. The van der Waals surface area contributed by atoms with Gasteiger partial charge in [0.1, 0.15) is 41.6 Å². The van der Waals surface area contributed by atoms with Gasteiger partial charge >= 0.3 is 5.97 Å². The second-order valence-electron chi connectivity index (χ2n) is 16.6. The number of nitrogens with zero attached hydrogens (tertiary/aromatic N) is 3. The Morgan fingerprint density at radius 2 is 1.44 bits per heavy atom. The van der Waals surface area contributed by atoms with Gasteiger partial charge in [0.2, 0.25) is 35.4 Å². The number of carbonyl (C=O) groups excluding carboxylic acids is 8. The van der Waals surface area contributed by atoms with E-state index in [1.807, 2.05) is 0 Å². The first-order chi connectivity index (χ1) is 33.6. The average Bonchev–Trinajstić information content (AvgIpc) is 3.82. The second kappa shape index (κ2) is 34.4. The van der Waals surface area contributed by atoms with E-state index in [-0.39, 0.29) is 88.5 Å². The molecule has 0 radical (unpaired) electrons. The van der Waals surface area contributed by atoms with Gasteiger partial charge in [0.15, 0.2) is 5.96 Å². The molecular formula is C42H76N16O12S. The van der Waals surface area contributed by atoms with Crippen molar-refractivity contribution in [1.82, 2.24) is 36.8 Å². The van der Waals surface area contributed by atoms with Crippen molar-refractivity contribution in [3.8, 4) is 0 Å². The van der Waals surface area contributed by atoms with Gasteiger partial charge in [-0.15, -0.1) is 0 Å². The van der Waals surface area contributed by atoms with Crippen LogP contribution in [0.4, 0.5) is 0 Å². The lowest BCUT2D eigenvalue weighted by molar-refractivity contribution is -0.137. The zero-order valence-corrected chi connectivity index (χ0v) is 41.3. The molecule has 1 unspecified atom stereocenters. The molecule has 22 N–H and O–H groups in total. The molecule has 0 spiro atoms. The monoisotopic (exact) mass is 1030 g/mol. The Morgan fingerprint density at radius 3 is 2.03 bits per heavy atom. The van der Waals surface area contributed by atoms with Gasteiger partial charge in [0.05, 0.1) is 18.7 Å². The van der Waals surface area contributed by atoms with Crippen molar-refractivity contribution in [2.45, 2.75) is 126 Å². The van der Waals surface area contributed by atoms with Crippen LogP contribution in [-0.4, -0.2) is 184 Å². The molecule has 1 aliphatic heterocycles. The van der Waals surface area contributed by atoms with E-state index in [0.29, 0.717) is 38.6 Å². The maximum atomic E-state index is 14.0. The van der Waals surface area contributed by atoms with Gasteiger partial charge in [-0.2, -0.15) is 0 Å². The van der Waals surface area contributed by atoms with Crippen molar-refractivity contribution in [1.29, 1.82) is 0 Å². The lowest BCUT2D eigenvalue weighted by atomic mass is 10.1. The number of guanidine groups is 1. The first-order valence-corrected chi connectivity index (χ1v) is 25.1. The first kappa shape index (κ1) is 63.0. The predicted molar refractivity (Wildman–Crippen MR) is 263 cm³/mol. The van der Waals surface area contributed by atoms with Crippen LogP contribution in [0.2, 0.25) is 0 Å². The van der Waals surface area contributed by atoms with Crippen LogP contribution in [0, 0.1) is 0 Å². The molecule has 0 saturated carbocycles. The van der Waals surface area contributed by atoms with E-state index < -0.39 is 125 Å². The molecule has 1 rings (SSSR count). The molecule has 1 saturated heterocycles. The first-order valence-electron chi connectivity index (χ1n) is 23.4. The minimum absolute atomic E-state index is 0.0259. The highest BCUT2D eigenvalue weighted by Crippen LogP contribution is 2.20. The number of amides is 8. The van der Waals surface area contributed by atoms with Crippen LogP contribution >= 0.6 is 0 Å². The lowest BCUT2D eigenvalue weighted by Crippen LogP contribution is -2.60. The third kappa shape index (κ3) is 24.1. The summed E-state index contributed by atoms with van der Waals surface area (Å²) in [6.45, 7) is 0.931. The third-order valence-electron chi connectivity index (χ3n) is 10.8. The van der Waals surface area contributed by atoms with Gasteiger partial charge in [-0.3, -0.25) is 47.6 Å². The summed E-state index contributed by atoms with van der Waals surface area (Å²) in [6, 6.07) is -7.76. The number of aliphatic imine (C=N–C) groups is 2. The largest absolute Gasteiger partial charge is 0.477 e. The summed E-state index contributed by atoms with van der Waals surface area (Å²) in [7, 11) is -1.44. The molecule has 8 amide bonds. The predicted octanol–water partition coefficient (Wildman–Crippen LogP) is -6.82. The van der Waals surface area contributed by atoms with Crippen LogP contribution in [0.15, 0.2) is 21.8 Å². The second-order valence-corrected chi connectivity index (χ2v) is 18.2. The highest BCUT2D eigenvalue weighted by molar-refractivity contribution is 7.84. The van der Waals surface area contributed by atoms with Crippen LogP contribution in [0.1, 0.15) is 84.0 Å². The van der Waals surface area contributed by atoms with Gasteiger partial charge in [0.25, 0.3) is 11.8 Å². The fourth-order valence-corrected chi connectivity index (χ4v) is 7.41. The Hall–Kier alpha value is -5.98. The molecule has 0 aromatic carbocycles. The summed E-state index contributed by atoms with van der Waals surface area (Å²) in [4.78, 5) is 128. The summed E-state index contributed by atoms with van der Waals surface area (Å²) < 4.78 is 12.2. The van der Waals surface area contributed by atoms with Crippen LogP contribution < -0.4 is 72.0 Å². The van der Waals surface area contributed by atoms with Gasteiger partial charge in [-0.05, 0) is 97.2 Å². The number of rotatable bonds is 34. The average molecular weight is 1030 g/mol. The number of aliphatic hydroxyl groups is 1. The zero-order chi connectivity index (χ0) is 53.6. The molecule has 28 nitrogen and oxygen atoms in total. The zero-order valence-electron chi connectivity index (χ0n) is 40.5. The Kier molecular flexibility index (Phi) is 30.5. The highest BCUT2D eigenvalue weighted by Gasteiger charge is 2.38. The lowest BCUT2D eigenvalue weighted by Gasteiger charge is -2.28. The molecule has 1 aliphatic rings. The van der Waals surface area contributed by atoms with E-state index >= 15 is 0 Å². The molecule has 0 aromatic rings. The highest BCUT2D eigenvalue weighted by atomic mass is 32.2. The van der Waals surface area contributed by atoms with Crippen molar-refractivity contribution in [3.63, 3.8) is 0 Å². The van der Waals surface area contributed by atoms with E-state index in [0.717, 1.165) is 0 Å². The van der Waals surface area contributed by atoms with Gasteiger partial charge < -0.3 is 87.1 Å². The number of hydrogen-bond acceptors (Lipinski definition) is 17. The molecular weight excluding hydrogens is 953 g/mol. The number of hydrogen-bond donors (Lipinski definition) is 15. The molecule has 71 heavy (non-hydrogen) atoms. The van der Waals surface area contributed by atoms with Crippen molar-refractivity contribution < 1.29 is 57.6 Å². The molecule has 1 heterocycles. The quantitative estimate of drug-likeness (QED) is 0.0123. The number of aliphatic carboxylic acids is 1. The van der Waals surface area contributed by atoms with E-state index in [1.165, 1.54) is 24.2 Å². The maximum Gasteiger partial charge on any atom is 0.352 e. The van der Waals surface area contributed by atoms with Crippen molar-refractivity contribution in [3.05, 3.63) is 11.8 Å². The van der Waals surface area contributed by atoms with Gasteiger partial charge in [-0.1, -0.05) is 12.5 Å². The third-order valence-corrected chi connectivity index (χ3v) is 11.6. The molecule has 0 aliphatic carbocycles. The number of carboxylic acids is 1. The van der Waals surface area contributed by atoms with Gasteiger partial charge in [0, 0.05) is 42.4 Å². The number of aliphatic hydroxyl groups excluding tert-OH is 1. The topological polar surface area (TPSA) is 493 Å². The van der Waals surface area contributed by atoms with Crippen molar-refractivity contribution >= 4 is 75.7 Å². The fraction of sp³-hybridized carbons (Fsp3) is 0.690. The Labute approximate surface area is 415 Å². The standard InChI is InChI=1S/C42H76N16O12S/c1-24(52-39(66)33(31(59)22-46)57-35(62)25(47)10-3-5-16-43)34(61)51-23-32(60)53-28(12-7-18-45)40(67)58-20-9-14-30(58)38(65)55-27(15-21-71(2)70)37(64)54-26(11-4-6-17-44)36(63)56-29(41(68)69)13-8-19-50-42(48)49/h13,24-27,30-31,33,59H,3-12,14-23,43-47H2,1-2H3,(H,51,61)(H,52,66)(H,54,64)(H,55,65)(H,56,63)(H,57,62)(H,68,69)(H4,48,49,50)/b29-13-,53-28?/t24-,25-,26-,27-,30-,31-,33-,71?/m0/s1. The number of likely N-dealkylation sites (tertiary alicyclic amines) is 1. The van der Waals surface area contributed by atoms with E-state index in [1.54, 1.807) is 0 Å². The summed E-state index contributed by atoms with van der Waals surface area (Å²) in [5, 5.41) is 34.6. The van der Waals surface area contributed by atoms with Crippen LogP contribution in [0.3, 0.4) is 0 Å². The van der Waals surface area contributed by atoms with E-state index in [9.17, 15) is 57.6 Å². The molecule has 1 fully saturated rings. The normalized spacial score (nSPS) is 16.7. The number of nitrogens with two attached hydrogens (primary N) is 7. The van der Waals surface area contributed by atoms with Crippen molar-refractivity contribution in [2.75, 3.05) is 57.8 Å².